The number of hydrogen-bond acceptors (Lipinski definition) is 3. The molecule has 0 aromatic carbocycles. The summed E-state index contributed by atoms with van der Waals surface area (Å²) >= 11 is 0. The number of hydrogen-bond donors (Lipinski definition) is 2. The van der Waals surface area contributed by atoms with Gasteiger partial charge in [-0.25, -0.2) is 0 Å². The fraction of sp³-hybridized carbons (Fsp3) is 1.00. The molecule has 3 unspecified atom stereocenters. The molecule has 0 radical (unpaired) electrons. The van der Waals surface area contributed by atoms with Crippen molar-refractivity contribution in [2.24, 2.45) is 23.1 Å². The van der Waals surface area contributed by atoms with E-state index in [1.54, 1.807) is 0 Å². The first-order valence-electron chi connectivity index (χ1n) is 6.46. The lowest BCUT2D eigenvalue weighted by Gasteiger charge is -2.28. The van der Waals surface area contributed by atoms with Crippen LogP contribution in [0.25, 0.3) is 0 Å². The summed E-state index contributed by atoms with van der Waals surface area (Å²) in [6, 6.07) is 0.417. The molecule has 1 saturated heterocycles. The molecule has 3 atom stereocenters. The Hall–Kier alpha value is -0.120. The van der Waals surface area contributed by atoms with Crippen molar-refractivity contribution in [2.45, 2.75) is 53.0 Å². The van der Waals surface area contributed by atoms with Gasteiger partial charge in [0.05, 0.1) is 6.61 Å². The van der Waals surface area contributed by atoms with E-state index >= 15 is 0 Å². The van der Waals surface area contributed by atoms with E-state index in [0.29, 0.717) is 23.3 Å². The Morgan fingerprint density at radius 2 is 2.12 bits per heavy atom. The van der Waals surface area contributed by atoms with Gasteiger partial charge < -0.3 is 4.74 Å². The molecule has 1 fully saturated rings. The summed E-state index contributed by atoms with van der Waals surface area (Å²) < 4.78 is 5.43. The minimum absolute atomic E-state index is 0.407. The summed E-state index contributed by atoms with van der Waals surface area (Å²) in [5.41, 5.74) is 3.39. The Bertz CT molecular complexity index is 195. The van der Waals surface area contributed by atoms with Crippen LogP contribution in [0.3, 0.4) is 0 Å². The van der Waals surface area contributed by atoms with Gasteiger partial charge in [-0.15, -0.1) is 0 Å². The van der Waals surface area contributed by atoms with Crippen LogP contribution in [0.1, 0.15) is 47.0 Å². The van der Waals surface area contributed by atoms with Crippen molar-refractivity contribution in [1.29, 1.82) is 0 Å². The van der Waals surface area contributed by atoms with Gasteiger partial charge in [0.1, 0.15) is 0 Å². The van der Waals surface area contributed by atoms with E-state index in [0.717, 1.165) is 26.1 Å². The average Bonchev–Trinajstić information content (AvgIpc) is 2.63. The quantitative estimate of drug-likeness (QED) is 0.561. The first-order valence-corrected chi connectivity index (χ1v) is 6.46. The predicted molar refractivity (Wildman–Crippen MR) is 67.9 cm³/mol. The molecule has 1 rings (SSSR count). The maximum absolute atomic E-state index is 5.66. The van der Waals surface area contributed by atoms with Gasteiger partial charge >= 0.3 is 0 Å². The molecule has 0 saturated carbocycles. The van der Waals surface area contributed by atoms with Crippen molar-refractivity contribution in [1.82, 2.24) is 5.43 Å². The fourth-order valence-corrected chi connectivity index (χ4v) is 2.83. The Morgan fingerprint density at radius 1 is 1.44 bits per heavy atom. The lowest BCUT2D eigenvalue weighted by atomic mass is 9.81. The van der Waals surface area contributed by atoms with E-state index in [2.05, 4.69) is 33.1 Å². The molecule has 1 aliphatic heterocycles. The highest BCUT2D eigenvalue weighted by molar-refractivity contribution is 4.80. The van der Waals surface area contributed by atoms with Gasteiger partial charge in [-0.2, -0.15) is 0 Å². The summed E-state index contributed by atoms with van der Waals surface area (Å²) in [6.07, 6.45) is 3.55. The van der Waals surface area contributed by atoms with Gasteiger partial charge in [0.25, 0.3) is 0 Å². The molecule has 1 aliphatic rings. The van der Waals surface area contributed by atoms with Crippen LogP contribution in [0.2, 0.25) is 0 Å². The van der Waals surface area contributed by atoms with E-state index in [4.69, 9.17) is 10.6 Å². The third-order valence-electron chi connectivity index (χ3n) is 3.37. The minimum atomic E-state index is 0.407. The van der Waals surface area contributed by atoms with Crippen LogP contribution in [-0.2, 0) is 4.74 Å². The molecule has 1 heterocycles. The lowest BCUT2D eigenvalue weighted by molar-refractivity contribution is 0.169. The molecule has 3 N–H and O–H groups in total. The van der Waals surface area contributed by atoms with Crippen molar-refractivity contribution in [3.63, 3.8) is 0 Å². The predicted octanol–water partition coefficient (Wildman–Crippen LogP) is 2.32. The zero-order valence-corrected chi connectivity index (χ0v) is 11.3. The highest BCUT2D eigenvalue weighted by Gasteiger charge is 2.27. The van der Waals surface area contributed by atoms with E-state index in [9.17, 15) is 0 Å². The molecular weight excluding hydrogens is 200 g/mol. The summed E-state index contributed by atoms with van der Waals surface area (Å²) in [5, 5.41) is 0. The summed E-state index contributed by atoms with van der Waals surface area (Å²) in [6.45, 7) is 11.0. The molecule has 0 spiro atoms. The number of rotatable bonds is 5. The molecular formula is C13H28N2O. The van der Waals surface area contributed by atoms with E-state index in [-0.39, 0.29) is 0 Å². The Morgan fingerprint density at radius 3 is 2.56 bits per heavy atom. The van der Waals surface area contributed by atoms with Crippen molar-refractivity contribution >= 4 is 0 Å². The van der Waals surface area contributed by atoms with E-state index in [1.807, 2.05) is 0 Å². The van der Waals surface area contributed by atoms with Crippen LogP contribution >= 0.6 is 0 Å². The van der Waals surface area contributed by atoms with Crippen LogP contribution in [0.15, 0.2) is 0 Å². The fourth-order valence-electron chi connectivity index (χ4n) is 2.83. The standard InChI is InChI=1S/C13H28N2O/c1-10(8-13(2,3)4)7-12(15-14)11-5-6-16-9-11/h10-12,15H,5-9,14H2,1-4H3. The lowest BCUT2D eigenvalue weighted by Crippen LogP contribution is -2.42. The Labute approximate surface area is 100 Å². The van der Waals surface area contributed by atoms with Gasteiger partial charge in [0, 0.05) is 18.6 Å². The van der Waals surface area contributed by atoms with Gasteiger partial charge in [-0.3, -0.25) is 11.3 Å². The van der Waals surface area contributed by atoms with Gasteiger partial charge in [0.2, 0.25) is 0 Å². The second-order valence-electron chi connectivity index (χ2n) is 6.50. The second kappa shape index (κ2) is 5.99. The zero-order chi connectivity index (χ0) is 12.2. The smallest absolute Gasteiger partial charge is 0.0510 e. The molecule has 0 amide bonds. The molecule has 96 valence electrons. The molecule has 3 nitrogen and oxygen atoms in total. The third kappa shape index (κ3) is 4.81. The van der Waals surface area contributed by atoms with Crippen molar-refractivity contribution < 1.29 is 4.74 Å². The summed E-state index contributed by atoms with van der Waals surface area (Å²) in [4.78, 5) is 0. The first-order chi connectivity index (χ1) is 7.42. The van der Waals surface area contributed by atoms with Gasteiger partial charge in [-0.1, -0.05) is 27.7 Å². The van der Waals surface area contributed by atoms with Gasteiger partial charge in [0.15, 0.2) is 0 Å². The molecule has 0 aromatic heterocycles. The zero-order valence-electron chi connectivity index (χ0n) is 11.3. The monoisotopic (exact) mass is 228 g/mol. The number of nitrogens with two attached hydrogens (primary N) is 1. The molecule has 16 heavy (non-hydrogen) atoms. The topological polar surface area (TPSA) is 47.3 Å². The number of ether oxygens (including phenoxy) is 1. The molecule has 3 heteroatoms. The van der Waals surface area contributed by atoms with E-state index in [1.165, 1.54) is 6.42 Å². The normalized spacial score (nSPS) is 25.7. The van der Waals surface area contributed by atoms with Crippen LogP contribution in [0, 0.1) is 17.3 Å². The van der Waals surface area contributed by atoms with Crippen LogP contribution in [0.5, 0.6) is 0 Å². The van der Waals surface area contributed by atoms with Crippen LogP contribution < -0.4 is 11.3 Å². The SMILES string of the molecule is CC(CC(NN)C1CCOC1)CC(C)(C)C. The maximum atomic E-state index is 5.66. The Balaban J connectivity index is 2.37. The largest absolute Gasteiger partial charge is 0.381 e. The molecule has 0 bridgehead atoms. The number of nitrogens with one attached hydrogen (secondary N) is 1. The molecule has 0 aliphatic carbocycles. The maximum Gasteiger partial charge on any atom is 0.0510 e. The second-order valence-corrected chi connectivity index (χ2v) is 6.50. The minimum Gasteiger partial charge on any atom is -0.381 e. The van der Waals surface area contributed by atoms with Crippen LogP contribution in [-0.4, -0.2) is 19.3 Å². The van der Waals surface area contributed by atoms with Crippen molar-refractivity contribution in [2.75, 3.05) is 13.2 Å². The third-order valence-corrected chi connectivity index (χ3v) is 3.37. The van der Waals surface area contributed by atoms with Gasteiger partial charge in [-0.05, 0) is 30.6 Å². The Kier molecular flexibility index (Phi) is 5.22. The van der Waals surface area contributed by atoms with Crippen molar-refractivity contribution in [3.05, 3.63) is 0 Å². The summed E-state index contributed by atoms with van der Waals surface area (Å²) in [7, 11) is 0. The first kappa shape index (κ1) is 13.9. The van der Waals surface area contributed by atoms with E-state index < -0.39 is 0 Å². The summed E-state index contributed by atoms with van der Waals surface area (Å²) in [5.74, 6) is 6.97. The molecule has 0 aromatic rings. The average molecular weight is 228 g/mol. The van der Waals surface area contributed by atoms with Crippen LogP contribution in [0.4, 0.5) is 0 Å². The highest BCUT2D eigenvalue weighted by Crippen LogP contribution is 2.29. The highest BCUT2D eigenvalue weighted by atomic mass is 16.5. The van der Waals surface area contributed by atoms with Crippen molar-refractivity contribution in [3.8, 4) is 0 Å². The number of hydrazine groups is 1.